The summed E-state index contributed by atoms with van der Waals surface area (Å²) >= 11 is 5.23. The van der Waals surface area contributed by atoms with Crippen LogP contribution in [0.2, 0.25) is 0 Å². The van der Waals surface area contributed by atoms with E-state index < -0.39 is 0 Å². The first-order valence-corrected chi connectivity index (χ1v) is 7.64. The molecule has 1 nitrogen and oxygen atoms in total. The van der Waals surface area contributed by atoms with Gasteiger partial charge in [-0.2, -0.15) is 0 Å². The molecule has 1 atom stereocenters. The minimum Gasteiger partial charge on any atom is -0.323 e. The first kappa shape index (κ1) is 13.7. The van der Waals surface area contributed by atoms with Crippen LogP contribution in [0.15, 0.2) is 57.9 Å². The fraction of sp³-hybridized carbons (Fsp3) is 0.200. The Morgan fingerprint density at radius 3 is 2.44 bits per heavy atom. The highest BCUT2D eigenvalue weighted by atomic mass is 79.9. The smallest absolute Gasteiger partial charge is 0.0392 e. The SMILES string of the molecule is Cc1ccccc1C(N)CSc1ccc(Br)cc1. The van der Waals surface area contributed by atoms with Gasteiger partial charge in [0, 0.05) is 21.2 Å². The molecule has 0 spiro atoms. The maximum absolute atomic E-state index is 6.24. The highest BCUT2D eigenvalue weighted by Gasteiger charge is 2.08. The maximum Gasteiger partial charge on any atom is 0.0392 e. The standard InChI is InChI=1S/C15H16BrNS/c1-11-4-2-3-5-14(11)15(17)10-18-13-8-6-12(16)7-9-13/h2-9,15H,10,17H2,1H3. The van der Waals surface area contributed by atoms with Gasteiger partial charge in [-0.15, -0.1) is 11.8 Å². The van der Waals surface area contributed by atoms with Crippen molar-refractivity contribution in [2.24, 2.45) is 5.73 Å². The topological polar surface area (TPSA) is 26.0 Å². The number of rotatable bonds is 4. The van der Waals surface area contributed by atoms with Gasteiger partial charge >= 0.3 is 0 Å². The molecular weight excluding hydrogens is 306 g/mol. The Kier molecular flexibility index (Phi) is 4.87. The van der Waals surface area contributed by atoms with Gasteiger partial charge in [-0.05, 0) is 42.3 Å². The Bertz CT molecular complexity index is 510. The van der Waals surface area contributed by atoms with E-state index in [-0.39, 0.29) is 6.04 Å². The molecule has 0 saturated heterocycles. The van der Waals surface area contributed by atoms with Crippen LogP contribution in [-0.2, 0) is 0 Å². The fourth-order valence-electron chi connectivity index (χ4n) is 1.81. The van der Waals surface area contributed by atoms with Gasteiger partial charge in [0.25, 0.3) is 0 Å². The lowest BCUT2D eigenvalue weighted by Gasteiger charge is -2.14. The summed E-state index contributed by atoms with van der Waals surface area (Å²) in [7, 11) is 0. The molecule has 0 aliphatic heterocycles. The van der Waals surface area contributed by atoms with Crippen LogP contribution < -0.4 is 5.73 Å². The predicted octanol–water partition coefficient (Wildman–Crippen LogP) is 4.55. The number of thioether (sulfide) groups is 1. The molecule has 2 aromatic rings. The zero-order valence-electron chi connectivity index (χ0n) is 10.3. The normalized spacial score (nSPS) is 12.4. The second-order valence-electron chi connectivity index (χ2n) is 4.23. The Morgan fingerprint density at radius 2 is 1.78 bits per heavy atom. The number of halogens is 1. The molecule has 2 aromatic carbocycles. The summed E-state index contributed by atoms with van der Waals surface area (Å²) < 4.78 is 1.11. The third-order valence-corrected chi connectivity index (χ3v) is 4.49. The van der Waals surface area contributed by atoms with Crippen molar-refractivity contribution >= 4 is 27.7 Å². The van der Waals surface area contributed by atoms with Crippen molar-refractivity contribution in [3.05, 3.63) is 64.1 Å². The lowest BCUT2D eigenvalue weighted by molar-refractivity contribution is 0.823. The lowest BCUT2D eigenvalue weighted by Crippen LogP contribution is -2.14. The predicted molar refractivity (Wildman–Crippen MR) is 83.0 cm³/mol. The van der Waals surface area contributed by atoms with E-state index in [0.717, 1.165) is 10.2 Å². The number of benzene rings is 2. The molecule has 1 unspecified atom stereocenters. The van der Waals surface area contributed by atoms with Gasteiger partial charge in [0.05, 0.1) is 0 Å². The highest BCUT2D eigenvalue weighted by molar-refractivity contribution is 9.10. The van der Waals surface area contributed by atoms with E-state index in [9.17, 15) is 0 Å². The van der Waals surface area contributed by atoms with Gasteiger partial charge in [0.1, 0.15) is 0 Å². The van der Waals surface area contributed by atoms with Gasteiger partial charge in [-0.25, -0.2) is 0 Å². The second kappa shape index (κ2) is 6.41. The zero-order chi connectivity index (χ0) is 13.0. The number of aryl methyl sites for hydroxylation is 1. The van der Waals surface area contributed by atoms with Crippen molar-refractivity contribution in [2.75, 3.05) is 5.75 Å². The first-order chi connectivity index (χ1) is 8.66. The zero-order valence-corrected chi connectivity index (χ0v) is 12.7. The molecule has 0 aliphatic rings. The molecular formula is C15H16BrNS. The molecule has 18 heavy (non-hydrogen) atoms. The molecule has 0 heterocycles. The largest absolute Gasteiger partial charge is 0.323 e. The van der Waals surface area contributed by atoms with Crippen molar-refractivity contribution in [3.8, 4) is 0 Å². The number of hydrogen-bond acceptors (Lipinski definition) is 2. The molecule has 3 heteroatoms. The Hall–Kier alpha value is -0.770. The average Bonchev–Trinajstić information content (AvgIpc) is 2.38. The van der Waals surface area contributed by atoms with Crippen molar-refractivity contribution < 1.29 is 0 Å². The van der Waals surface area contributed by atoms with Crippen LogP contribution in [0.1, 0.15) is 17.2 Å². The molecule has 0 bridgehead atoms. The van der Waals surface area contributed by atoms with Crippen molar-refractivity contribution in [1.82, 2.24) is 0 Å². The lowest BCUT2D eigenvalue weighted by atomic mass is 10.0. The molecule has 0 fully saturated rings. The summed E-state index contributed by atoms with van der Waals surface area (Å²) in [5.74, 6) is 0.895. The average molecular weight is 322 g/mol. The van der Waals surface area contributed by atoms with Crippen LogP contribution >= 0.6 is 27.7 Å². The minimum atomic E-state index is 0.0832. The molecule has 2 N–H and O–H groups in total. The Morgan fingerprint density at radius 1 is 1.11 bits per heavy atom. The van der Waals surface area contributed by atoms with E-state index in [0.29, 0.717) is 0 Å². The summed E-state index contributed by atoms with van der Waals surface area (Å²) in [6.45, 7) is 2.11. The van der Waals surface area contributed by atoms with Gasteiger partial charge in [-0.1, -0.05) is 40.2 Å². The summed E-state index contributed by atoms with van der Waals surface area (Å²) in [4.78, 5) is 1.25. The van der Waals surface area contributed by atoms with E-state index >= 15 is 0 Å². The quantitative estimate of drug-likeness (QED) is 0.836. The molecule has 0 amide bonds. The summed E-state index contributed by atoms with van der Waals surface area (Å²) in [6.07, 6.45) is 0. The minimum absolute atomic E-state index is 0.0832. The van der Waals surface area contributed by atoms with Gasteiger partial charge in [-0.3, -0.25) is 0 Å². The van der Waals surface area contributed by atoms with E-state index in [4.69, 9.17) is 5.73 Å². The third-order valence-electron chi connectivity index (χ3n) is 2.83. The molecule has 0 saturated carbocycles. The third kappa shape index (κ3) is 3.61. The van der Waals surface area contributed by atoms with E-state index in [1.54, 1.807) is 11.8 Å². The van der Waals surface area contributed by atoms with Crippen LogP contribution in [0, 0.1) is 6.92 Å². The van der Waals surface area contributed by atoms with E-state index in [1.807, 2.05) is 12.1 Å². The number of nitrogens with two attached hydrogens (primary N) is 1. The Labute approximate surface area is 121 Å². The first-order valence-electron chi connectivity index (χ1n) is 5.86. The van der Waals surface area contributed by atoms with Crippen LogP contribution in [0.5, 0.6) is 0 Å². The summed E-state index contributed by atoms with van der Waals surface area (Å²) in [5.41, 5.74) is 8.75. The van der Waals surface area contributed by atoms with Gasteiger partial charge < -0.3 is 5.73 Å². The molecule has 0 aromatic heterocycles. The summed E-state index contributed by atoms with van der Waals surface area (Å²) in [6, 6.07) is 16.7. The van der Waals surface area contributed by atoms with Crippen LogP contribution in [0.25, 0.3) is 0 Å². The Balaban J connectivity index is 1.98. The van der Waals surface area contributed by atoms with Crippen LogP contribution in [-0.4, -0.2) is 5.75 Å². The van der Waals surface area contributed by atoms with Gasteiger partial charge in [0.15, 0.2) is 0 Å². The molecule has 0 radical (unpaired) electrons. The van der Waals surface area contributed by atoms with E-state index in [2.05, 4.69) is 59.3 Å². The van der Waals surface area contributed by atoms with Crippen molar-refractivity contribution in [3.63, 3.8) is 0 Å². The fourth-order valence-corrected chi connectivity index (χ4v) is 2.95. The van der Waals surface area contributed by atoms with E-state index in [1.165, 1.54) is 16.0 Å². The number of hydrogen-bond donors (Lipinski definition) is 1. The molecule has 2 rings (SSSR count). The monoisotopic (exact) mass is 321 g/mol. The molecule has 0 aliphatic carbocycles. The molecule has 94 valence electrons. The summed E-state index contributed by atoms with van der Waals surface area (Å²) in [5, 5.41) is 0. The van der Waals surface area contributed by atoms with Crippen molar-refractivity contribution in [1.29, 1.82) is 0 Å². The second-order valence-corrected chi connectivity index (χ2v) is 6.24. The van der Waals surface area contributed by atoms with Crippen LogP contribution in [0.3, 0.4) is 0 Å². The van der Waals surface area contributed by atoms with Crippen LogP contribution in [0.4, 0.5) is 0 Å². The highest BCUT2D eigenvalue weighted by Crippen LogP contribution is 2.25. The maximum atomic E-state index is 6.24. The van der Waals surface area contributed by atoms with Crippen molar-refractivity contribution in [2.45, 2.75) is 17.9 Å². The van der Waals surface area contributed by atoms with Gasteiger partial charge in [0.2, 0.25) is 0 Å².